The average molecular weight is 198 g/mol. The molecule has 0 heterocycles. The Kier molecular flexibility index (Phi) is 5.32. The molecule has 80 valence electrons. The Balaban J connectivity index is 3.46. The predicted octanol–water partition coefficient (Wildman–Crippen LogP) is 1.61. The Labute approximate surface area is 76.9 Å². The van der Waals surface area contributed by atoms with E-state index in [1.165, 1.54) is 0 Å². The molecule has 0 saturated carbocycles. The molecule has 2 N–H and O–H groups in total. The lowest BCUT2D eigenvalue weighted by molar-refractivity contribution is -0.136. The number of halogens is 3. The Morgan fingerprint density at radius 3 is 2.15 bits per heavy atom. The van der Waals surface area contributed by atoms with Crippen molar-refractivity contribution in [2.45, 2.75) is 31.5 Å². The second-order valence-corrected chi connectivity index (χ2v) is 3.51. The standard InChI is InChI=1S/C8H17F3N2/c1-13(2)6-4-7(12)3-5-8(9,10)11/h7H,3-6,12H2,1-2H3. The van der Waals surface area contributed by atoms with Crippen molar-refractivity contribution < 1.29 is 13.2 Å². The molecule has 0 saturated heterocycles. The molecule has 1 unspecified atom stereocenters. The molecule has 0 aromatic rings. The summed E-state index contributed by atoms with van der Waals surface area (Å²) >= 11 is 0. The monoisotopic (exact) mass is 198 g/mol. The molecule has 0 aliphatic carbocycles. The highest BCUT2D eigenvalue weighted by Gasteiger charge is 2.27. The highest BCUT2D eigenvalue weighted by Crippen LogP contribution is 2.22. The normalized spacial score (nSPS) is 15.0. The molecule has 0 rings (SSSR count). The first-order chi connectivity index (χ1) is 5.81. The molecule has 2 nitrogen and oxygen atoms in total. The first-order valence-electron chi connectivity index (χ1n) is 4.28. The minimum Gasteiger partial charge on any atom is -0.328 e. The maximum atomic E-state index is 11.7. The lowest BCUT2D eigenvalue weighted by atomic mass is 10.1. The summed E-state index contributed by atoms with van der Waals surface area (Å²) in [7, 11) is 3.74. The van der Waals surface area contributed by atoms with E-state index in [0.29, 0.717) is 6.42 Å². The van der Waals surface area contributed by atoms with E-state index in [2.05, 4.69) is 0 Å². The second kappa shape index (κ2) is 5.44. The van der Waals surface area contributed by atoms with Gasteiger partial charge in [-0.25, -0.2) is 0 Å². The zero-order chi connectivity index (χ0) is 10.5. The fourth-order valence-corrected chi connectivity index (χ4v) is 0.917. The van der Waals surface area contributed by atoms with Gasteiger partial charge in [-0.15, -0.1) is 0 Å². The van der Waals surface area contributed by atoms with E-state index in [9.17, 15) is 13.2 Å². The van der Waals surface area contributed by atoms with Crippen LogP contribution in [0.25, 0.3) is 0 Å². The number of nitrogens with zero attached hydrogens (tertiary/aromatic N) is 1. The summed E-state index contributed by atoms with van der Waals surface area (Å²) in [5.41, 5.74) is 5.50. The van der Waals surface area contributed by atoms with E-state index >= 15 is 0 Å². The van der Waals surface area contributed by atoms with Crippen molar-refractivity contribution in [2.75, 3.05) is 20.6 Å². The Bertz CT molecular complexity index is 134. The largest absolute Gasteiger partial charge is 0.389 e. The van der Waals surface area contributed by atoms with Crippen LogP contribution in [0, 0.1) is 0 Å². The van der Waals surface area contributed by atoms with Gasteiger partial charge in [-0.3, -0.25) is 0 Å². The molecule has 0 aromatic carbocycles. The molecule has 0 aromatic heterocycles. The molecule has 0 aliphatic rings. The van der Waals surface area contributed by atoms with Gasteiger partial charge in [0.15, 0.2) is 0 Å². The van der Waals surface area contributed by atoms with E-state index in [4.69, 9.17) is 5.73 Å². The van der Waals surface area contributed by atoms with Crippen LogP contribution in [-0.4, -0.2) is 37.8 Å². The van der Waals surface area contributed by atoms with Crippen LogP contribution in [0.2, 0.25) is 0 Å². The van der Waals surface area contributed by atoms with Gasteiger partial charge in [-0.2, -0.15) is 13.2 Å². The summed E-state index contributed by atoms with van der Waals surface area (Å²) in [6.07, 6.45) is -4.21. The fourth-order valence-electron chi connectivity index (χ4n) is 0.917. The van der Waals surface area contributed by atoms with Gasteiger partial charge in [-0.1, -0.05) is 0 Å². The van der Waals surface area contributed by atoms with Gasteiger partial charge in [0.25, 0.3) is 0 Å². The van der Waals surface area contributed by atoms with E-state index in [-0.39, 0.29) is 12.5 Å². The van der Waals surface area contributed by atoms with E-state index in [1.54, 1.807) is 0 Å². The molecule has 0 fully saturated rings. The van der Waals surface area contributed by atoms with Crippen LogP contribution in [-0.2, 0) is 0 Å². The summed E-state index contributed by atoms with van der Waals surface area (Å²) in [6.45, 7) is 0.735. The second-order valence-electron chi connectivity index (χ2n) is 3.51. The minimum absolute atomic E-state index is 0.0251. The Morgan fingerprint density at radius 1 is 1.23 bits per heavy atom. The maximum absolute atomic E-state index is 11.7. The highest BCUT2D eigenvalue weighted by atomic mass is 19.4. The molecule has 0 radical (unpaired) electrons. The third kappa shape index (κ3) is 9.63. The van der Waals surface area contributed by atoms with Crippen LogP contribution in [0.4, 0.5) is 13.2 Å². The smallest absolute Gasteiger partial charge is 0.328 e. The quantitative estimate of drug-likeness (QED) is 0.727. The van der Waals surface area contributed by atoms with Crippen molar-refractivity contribution in [1.82, 2.24) is 4.90 Å². The highest BCUT2D eigenvalue weighted by molar-refractivity contribution is 4.65. The Hall–Kier alpha value is -0.290. The number of nitrogens with two attached hydrogens (primary N) is 1. The van der Waals surface area contributed by atoms with Crippen LogP contribution >= 0.6 is 0 Å². The van der Waals surface area contributed by atoms with E-state index in [1.807, 2.05) is 19.0 Å². The topological polar surface area (TPSA) is 29.3 Å². The van der Waals surface area contributed by atoms with Gasteiger partial charge in [0.05, 0.1) is 0 Å². The van der Waals surface area contributed by atoms with Crippen LogP contribution in [0.5, 0.6) is 0 Å². The summed E-state index contributed by atoms with van der Waals surface area (Å²) in [6, 6.07) is -0.343. The summed E-state index contributed by atoms with van der Waals surface area (Å²) < 4.78 is 35.2. The zero-order valence-corrected chi connectivity index (χ0v) is 8.06. The van der Waals surface area contributed by atoms with Gasteiger partial charge >= 0.3 is 6.18 Å². The van der Waals surface area contributed by atoms with Crippen LogP contribution < -0.4 is 5.73 Å². The number of hydrogen-bond donors (Lipinski definition) is 1. The molecule has 0 amide bonds. The third-order valence-electron chi connectivity index (χ3n) is 1.75. The zero-order valence-electron chi connectivity index (χ0n) is 8.06. The summed E-state index contributed by atoms with van der Waals surface area (Å²) in [4.78, 5) is 1.91. The van der Waals surface area contributed by atoms with Gasteiger partial charge in [0, 0.05) is 12.5 Å². The lowest BCUT2D eigenvalue weighted by Crippen LogP contribution is -2.27. The molecular formula is C8H17F3N2. The summed E-state index contributed by atoms with van der Waals surface area (Å²) in [5, 5.41) is 0. The predicted molar refractivity (Wildman–Crippen MR) is 46.4 cm³/mol. The molecule has 0 aliphatic heterocycles. The Morgan fingerprint density at radius 2 is 1.77 bits per heavy atom. The molecule has 13 heavy (non-hydrogen) atoms. The first-order valence-corrected chi connectivity index (χ1v) is 4.28. The van der Waals surface area contributed by atoms with Crippen LogP contribution in [0.1, 0.15) is 19.3 Å². The van der Waals surface area contributed by atoms with Crippen molar-refractivity contribution in [3.05, 3.63) is 0 Å². The number of alkyl halides is 3. The van der Waals surface area contributed by atoms with Gasteiger partial charge < -0.3 is 10.6 Å². The first kappa shape index (κ1) is 12.7. The number of rotatable bonds is 5. The van der Waals surface area contributed by atoms with Gasteiger partial charge in [0.2, 0.25) is 0 Å². The average Bonchev–Trinajstić information content (AvgIpc) is 1.95. The SMILES string of the molecule is CN(C)CCC(N)CCC(F)(F)F. The molecule has 0 spiro atoms. The van der Waals surface area contributed by atoms with Crippen molar-refractivity contribution in [2.24, 2.45) is 5.73 Å². The minimum atomic E-state index is -4.07. The van der Waals surface area contributed by atoms with Crippen LogP contribution in [0.3, 0.4) is 0 Å². The van der Waals surface area contributed by atoms with Gasteiger partial charge in [-0.05, 0) is 33.5 Å². The number of hydrogen-bond acceptors (Lipinski definition) is 2. The van der Waals surface area contributed by atoms with Gasteiger partial charge in [0.1, 0.15) is 0 Å². The molecule has 1 atom stereocenters. The van der Waals surface area contributed by atoms with Crippen LogP contribution in [0.15, 0.2) is 0 Å². The van der Waals surface area contributed by atoms with Crippen molar-refractivity contribution in [1.29, 1.82) is 0 Å². The van der Waals surface area contributed by atoms with E-state index in [0.717, 1.165) is 6.54 Å². The van der Waals surface area contributed by atoms with E-state index < -0.39 is 12.6 Å². The van der Waals surface area contributed by atoms with Crippen molar-refractivity contribution >= 4 is 0 Å². The lowest BCUT2D eigenvalue weighted by Gasteiger charge is -2.15. The molecule has 5 heteroatoms. The molecule has 0 bridgehead atoms. The summed E-state index contributed by atoms with van der Waals surface area (Å²) in [5.74, 6) is 0. The third-order valence-corrected chi connectivity index (χ3v) is 1.75. The fraction of sp³-hybridized carbons (Fsp3) is 1.00. The van der Waals surface area contributed by atoms with Crippen molar-refractivity contribution in [3.8, 4) is 0 Å². The molecular weight excluding hydrogens is 181 g/mol. The maximum Gasteiger partial charge on any atom is 0.389 e. The van der Waals surface area contributed by atoms with Crippen molar-refractivity contribution in [3.63, 3.8) is 0 Å².